The van der Waals surface area contributed by atoms with Gasteiger partial charge in [-0.25, -0.2) is 9.78 Å². The number of ether oxygens (including phenoxy) is 1. The number of nitrogens with one attached hydrogen (secondary N) is 1. The zero-order valence-electron chi connectivity index (χ0n) is 16.5. The van der Waals surface area contributed by atoms with Crippen LogP contribution in [0.4, 0.5) is 5.69 Å². The summed E-state index contributed by atoms with van der Waals surface area (Å²) in [5.74, 6) is -0.212. The lowest BCUT2D eigenvalue weighted by atomic mass is 10.1. The second-order valence-electron chi connectivity index (χ2n) is 6.51. The summed E-state index contributed by atoms with van der Waals surface area (Å²) in [4.78, 5) is 30.0. The number of benzene rings is 2. The van der Waals surface area contributed by atoms with Gasteiger partial charge in [0.2, 0.25) is 0 Å². The Kier molecular flexibility index (Phi) is 7.06. The molecule has 0 saturated heterocycles. The first-order valence-corrected chi connectivity index (χ1v) is 11.0. The predicted molar refractivity (Wildman–Crippen MR) is 118 cm³/mol. The minimum absolute atomic E-state index is 0.337. The summed E-state index contributed by atoms with van der Waals surface area (Å²) in [6.45, 7) is 5.55. The number of aromatic nitrogens is 1. The second-order valence-corrected chi connectivity index (χ2v) is 8.59. The molecule has 1 heterocycles. The van der Waals surface area contributed by atoms with Crippen LogP contribution in [-0.4, -0.2) is 23.5 Å². The lowest BCUT2D eigenvalue weighted by Gasteiger charge is -2.11. The van der Waals surface area contributed by atoms with Crippen LogP contribution in [0.1, 0.15) is 32.2 Å². The van der Waals surface area contributed by atoms with Crippen molar-refractivity contribution in [1.29, 1.82) is 0 Å². The molecule has 0 bridgehead atoms. The maximum atomic E-state index is 12.5. The van der Waals surface area contributed by atoms with Gasteiger partial charge in [-0.15, -0.1) is 23.1 Å². The average Bonchev–Trinajstić information content (AvgIpc) is 3.13. The highest BCUT2D eigenvalue weighted by Crippen LogP contribution is 2.27. The zero-order chi connectivity index (χ0) is 20.8. The van der Waals surface area contributed by atoms with Crippen LogP contribution in [0.2, 0.25) is 0 Å². The first-order chi connectivity index (χ1) is 13.9. The molecule has 2 aromatic carbocycles. The molecule has 7 heteroatoms. The fraction of sp³-hybridized carbons (Fsp3) is 0.227. The summed E-state index contributed by atoms with van der Waals surface area (Å²) in [7, 11) is 0. The van der Waals surface area contributed by atoms with E-state index in [9.17, 15) is 9.59 Å². The molecule has 29 heavy (non-hydrogen) atoms. The molecule has 5 nitrogen and oxygen atoms in total. The Labute approximate surface area is 178 Å². The van der Waals surface area contributed by atoms with Gasteiger partial charge in [-0.3, -0.25) is 4.79 Å². The van der Waals surface area contributed by atoms with Crippen LogP contribution in [0.5, 0.6) is 0 Å². The van der Waals surface area contributed by atoms with Gasteiger partial charge in [0.25, 0.3) is 5.91 Å². The summed E-state index contributed by atoms with van der Waals surface area (Å²) < 4.78 is 5.25. The van der Waals surface area contributed by atoms with E-state index in [2.05, 4.69) is 10.3 Å². The smallest absolute Gasteiger partial charge is 0.339 e. The van der Waals surface area contributed by atoms with E-state index in [1.54, 1.807) is 23.5 Å². The molecule has 0 fully saturated rings. The number of amides is 1. The second kappa shape index (κ2) is 9.71. The third kappa shape index (κ3) is 5.68. The first kappa shape index (κ1) is 21.1. The molecule has 1 amide bonds. The number of carbonyl (C=O) groups excluding carboxylic acids is 2. The Morgan fingerprint density at radius 1 is 1.10 bits per heavy atom. The third-order valence-corrected chi connectivity index (χ3v) is 6.29. The van der Waals surface area contributed by atoms with Crippen molar-refractivity contribution in [2.24, 2.45) is 0 Å². The Morgan fingerprint density at radius 2 is 1.90 bits per heavy atom. The highest BCUT2D eigenvalue weighted by atomic mass is 32.2. The van der Waals surface area contributed by atoms with E-state index < -0.39 is 5.97 Å². The fourth-order valence-electron chi connectivity index (χ4n) is 2.67. The van der Waals surface area contributed by atoms with Gasteiger partial charge in [-0.1, -0.05) is 24.3 Å². The topological polar surface area (TPSA) is 68.3 Å². The SMILES string of the molecule is Cc1nc(CSc2ccccc2C(=O)OCC(=O)Nc2cccc(C)c2C)cs1. The Bertz CT molecular complexity index is 1030. The van der Waals surface area contributed by atoms with Crippen LogP contribution >= 0.6 is 23.1 Å². The van der Waals surface area contributed by atoms with Crippen LogP contribution in [-0.2, 0) is 15.3 Å². The number of esters is 1. The average molecular weight is 427 g/mol. The monoisotopic (exact) mass is 426 g/mol. The summed E-state index contributed by atoms with van der Waals surface area (Å²) in [6.07, 6.45) is 0. The standard InChI is InChI=1S/C22H22N2O3S2/c1-14-7-6-9-19(15(14)2)24-21(25)11-27-22(26)18-8-4-5-10-20(18)29-13-17-12-28-16(3)23-17/h4-10,12H,11,13H2,1-3H3,(H,24,25). The van der Waals surface area contributed by atoms with Crippen molar-refractivity contribution < 1.29 is 14.3 Å². The highest BCUT2D eigenvalue weighted by Gasteiger charge is 2.15. The van der Waals surface area contributed by atoms with Gasteiger partial charge in [0.05, 0.1) is 16.3 Å². The molecule has 1 N–H and O–H groups in total. The summed E-state index contributed by atoms with van der Waals surface area (Å²) in [5.41, 5.74) is 4.23. The maximum Gasteiger partial charge on any atom is 0.339 e. The van der Waals surface area contributed by atoms with Gasteiger partial charge >= 0.3 is 5.97 Å². The summed E-state index contributed by atoms with van der Waals surface area (Å²) in [6, 6.07) is 12.9. The van der Waals surface area contributed by atoms with Crippen molar-refractivity contribution >= 4 is 40.7 Å². The molecule has 3 rings (SSSR count). The van der Waals surface area contributed by atoms with Crippen molar-refractivity contribution in [2.75, 3.05) is 11.9 Å². The largest absolute Gasteiger partial charge is 0.452 e. The minimum Gasteiger partial charge on any atom is -0.452 e. The molecule has 0 radical (unpaired) electrons. The van der Waals surface area contributed by atoms with Crippen molar-refractivity contribution in [3.63, 3.8) is 0 Å². The predicted octanol–water partition coefficient (Wildman–Crippen LogP) is 5.16. The molecule has 0 saturated carbocycles. The molecule has 0 spiro atoms. The molecule has 0 aliphatic heterocycles. The lowest BCUT2D eigenvalue weighted by Crippen LogP contribution is -2.21. The number of rotatable bonds is 7. The number of thioether (sulfide) groups is 1. The van der Waals surface area contributed by atoms with Crippen molar-refractivity contribution in [2.45, 2.75) is 31.4 Å². The van der Waals surface area contributed by atoms with Crippen LogP contribution in [0.15, 0.2) is 52.7 Å². The summed E-state index contributed by atoms with van der Waals surface area (Å²) >= 11 is 3.13. The van der Waals surface area contributed by atoms with Gasteiger partial charge in [0, 0.05) is 21.7 Å². The number of carbonyl (C=O) groups is 2. The van der Waals surface area contributed by atoms with Crippen LogP contribution in [0.25, 0.3) is 0 Å². The number of hydrogen-bond acceptors (Lipinski definition) is 6. The number of hydrogen-bond donors (Lipinski definition) is 1. The molecule has 3 aromatic rings. The van der Waals surface area contributed by atoms with Gasteiger partial charge in [-0.05, 0) is 50.1 Å². The number of aryl methyl sites for hydroxylation is 2. The molecule has 0 aliphatic rings. The number of anilines is 1. The number of thiazole rings is 1. The molecule has 0 aliphatic carbocycles. The highest BCUT2D eigenvalue weighted by molar-refractivity contribution is 7.98. The number of nitrogens with zero attached hydrogens (tertiary/aromatic N) is 1. The molecule has 0 unspecified atom stereocenters. The van der Waals surface area contributed by atoms with Gasteiger partial charge in [0.15, 0.2) is 6.61 Å². The van der Waals surface area contributed by atoms with E-state index in [0.29, 0.717) is 11.3 Å². The van der Waals surface area contributed by atoms with E-state index in [1.165, 1.54) is 11.8 Å². The quantitative estimate of drug-likeness (QED) is 0.418. The van der Waals surface area contributed by atoms with Crippen LogP contribution < -0.4 is 5.32 Å². The van der Waals surface area contributed by atoms with E-state index in [1.807, 2.05) is 56.5 Å². The normalized spacial score (nSPS) is 10.6. The Balaban J connectivity index is 1.59. The fourth-order valence-corrected chi connectivity index (χ4v) is 4.32. The Hall–Kier alpha value is -2.64. The Morgan fingerprint density at radius 3 is 2.66 bits per heavy atom. The molecular weight excluding hydrogens is 404 g/mol. The van der Waals surface area contributed by atoms with Gasteiger partial charge in [0.1, 0.15) is 0 Å². The first-order valence-electron chi connectivity index (χ1n) is 9.10. The van der Waals surface area contributed by atoms with Crippen molar-refractivity contribution in [3.8, 4) is 0 Å². The van der Waals surface area contributed by atoms with E-state index >= 15 is 0 Å². The molecular formula is C22H22N2O3S2. The van der Waals surface area contributed by atoms with Crippen molar-refractivity contribution in [3.05, 3.63) is 75.2 Å². The van der Waals surface area contributed by atoms with Crippen LogP contribution in [0.3, 0.4) is 0 Å². The van der Waals surface area contributed by atoms with Gasteiger partial charge < -0.3 is 10.1 Å². The molecule has 0 atom stereocenters. The van der Waals surface area contributed by atoms with E-state index in [4.69, 9.17) is 4.74 Å². The van der Waals surface area contributed by atoms with Crippen LogP contribution in [0, 0.1) is 20.8 Å². The van der Waals surface area contributed by atoms with Crippen molar-refractivity contribution in [1.82, 2.24) is 4.98 Å². The third-order valence-electron chi connectivity index (χ3n) is 4.36. The molecule has 150 valence electrons. The molecule has 1 aromatic heterocycles. The summed E-state index contributed by atoms with van der Waals surface area (Å²) in [5, 5.41) is 5.82. The van der Waals surface area contributed by atoms with Gasteiger partial charge in [-0.2, -0.15) is 0 Å². The zero-order valence-corrected chi connectivity index (χ0v) is 18.2. The minimum atomic E-state index is -0.515. The maximum absolute atomic E-state index is 12.5. The lowest BCUT2D eigenvalue weighted by molar-refractivity contribution is -0.119. The van der Waals surface area contributed by atoms with E-state index in [-0.39, 0.29) is 12.5 Å². The van der Waals surface area contributed by atoms with E-state index in [0.717, 1.165) is 32.4 Å².